The Morgan fingerprint density at radius 3 is 2.53 bits per heavy atom. The summed E-state index contributed by atoms with van der Waals surface area (Å²) in [6, 6.07) is 0. The number of rotatable bonds is 2. The van der Waals surface area contributed by atoms with Gasteiger partial charge in [0.1, 0.15) is 10.8 Å². The van der Waals surface area contributed by atoms with Crippen LogP contribution in [0.5, 0.6) is 0 Å². The molecule has 2 aromatic rings. The van der Waals surface area contributed by atoms with Crippen molar-refractivity contribution in [2.45, 2.75) is 13.8 Å². The Bertz CT molecular complexity index is 485. The third-order valence-electron chi connectivity index (χ3n) is 2.41. The van der Waals surface area contributed by atoms with Crippen LogP contribution in [0.15, 0.2) is 0 Å². The maximum Gasteiger partial charge on any atom is 0.168 e. The van der Waals surface area contributed by atoms with E-state index in [9.17, 15) is 0 Å². The molecule has 0 bridgehead atoms. The largest absolute Gasteiger partial charge is 0.378 e. The van der Waals surface area contributed by atoms with Crippen molar-refractivity contribution in [1.29, 1.82) is 0 Å². The molecule has 0 spiro atoms. The van der Waals surface area contributed by atoms with E-state index < -0.39 is 0 Å². The SMILES string of the molecule is CNc1snc(C)c1-c1nnc(C)n1C. The Labute approximate surface area is 92.3 Å². The van der Waals surface area contributed by atoms with Crippen molar-refractivity contribution >= 4 is 16.5 Å². The number of hydrogen-bond donors (Lipinski definition) is 1. The maximum absolute atomic E-state index is 4.31. The molecule has 0 amide bonds. The van der Waals surface area contributed by atoms with Crippen LogP contribution in [0.3, 0.4) is 0 Å². The van der Waals surface area contributed by atoms with Crippen molar-refractivity contribution in [3.8, 4) is 11.4 Å². The van der Waals surface area contributed by atoms with Crippen molar-refractivity contribution in [3.63, 3.8) is 0 Å². The summed E-state index contributed by atoms with van der Waals surface area (Å²) in [4.78, 5) is 0. The topological polar surface area (TPSA) is 55.6 Å². The Hall–Kier alpha value is -1.43. The molecule has 0 aromatic carbocycles. The number of anilines is 1. The third kappa shape index (κ3) is 1.50. The molecule has 6 heteroatoms. The number of hydrogen-bond acceptors (Lipinski definition) is 5. The standard InChI is InChI=1S/C9H13N5S/c1-5-7(9(10-3)15-13-5)8-12-11-6(2)14(8)4/h10H,1-4H3. The van der Waals surface area contributed by atoms with Gasteiger partial charge in [-0.25, -0.2) is 0 Å². The van der Waals surface area contributed by atoms with Crippen LogP contribution in [0.1, 0.15) is 11.5 Å². The van der Waals surface area contributed by atoms with E-state index in [1.165, 1.54) is 11.5 Å². The molecule has 0 saturated carbocycles. The van der Waals surface area contributed by atoms with Gasteiger partial charge < -0.3 is 9.88 Å². The molecule has 5 nitrogen and oxygen atoms in total. The normalized spacial score (nSPS) is 10.7. The highest BCUT2D eigenvalue weighted by Gasteiger charge is 2.17. The third-order valence-corrected chi connectivity index (χ3v) is 3.36. The van der Waals surface area contributed by atoms with Crippen molar-refractivity contribution in [2.24, 2.45) is 7.05 Å². The average Bonchev–Trinajstić information content (AvgIpc) is 2.73. The summed E-state index contributed by atoms with van der Waals surface area (Å²) in [7, 11) is 3.85. The van der Waals surface area contributed by atoms with Crippen LogP contribution in [-0.2, 0) is 7.05 Å². The van der Waals surface area contributed by atoms with E-state index in [-0.39, 0.29) is 0 Å². The fourth-order valence-electron chi connectivity index (χ4n) is 1.43. The lowest BCUT2D eigenvalue weighted by Gasteiger charge is -2.03. The Morgan fingerprint density at radius 2 is 2.00 bits per heavy atom. The van der Waals surface area contributed by atoms with Gasteiger partial charge in [-0.3, -0.25) is 0 Å². The molecule has 0 aliphatic heterocycles. The van der Waals surface area contributed by atoms with E-state index in [4.69, 9.17) is 0 Å². The molecule has 0 radical (unpaired) electrons. The van der Waals surface area contributed by atoms with Gasteiger partial charge >= 0.3 is 0 Å². The first-order valence-electron chi connectivity index (χ1n) is 4.65. The minimum atomic E-state index is 0.864. The Balaban J connectivity index is 2.62. The molecule has 15 heavy (non-hydrogen) atoms. The van der Waals surface area contributed by atoms with Gasteiger partial charge in [0.2, 0.25) is 0 Å². The minimum absolute atomic E-state index is 0.864. The van der Waals surface area contributed by atoms with Crippen molar-refractivity contribution in [2.75, 3.05) is 12.4 Å². The second kappa shape index (κ2) is 3.62. The zero-order valence-electron chi connectivity index (χ0n) is 9.20. The summed E-state index contributed by atoms with van der Waals surface area (Å²) in [6.45, 7) is 3.92. The number of nitrogens with one attached hydrogen (secondary N) is 1. The van der Waals surface area contributed by atoms with Gasteiger partial charge in [-0.1, -0.05) is 0 Å². The lowest BCUT2D eigenvalue weighted by molar-refractivity contribution is 0.864. The van der Waals surface area contributed by atoms with Gasteiger partial charge in [0.25, 0.3) is 0 Å². The molecule has 1 N–H and O–H groups in total. The maximum atomic E-state index is 4.31. The number of nitrogens with zero attached hydrogens (tertiary/aromatic N) is 4. The molecule has 0 unspecified atom stereocenters. The van der Waals surface area contributed by atoms with Gasteiger partial charge in [0.15, 0.2) is 5.82 Å². The molecular weight excluding hydrogens is 210 g/mol. The predicted octanol–water partition coefficient (Wildman–Crippen LogP) is 1.60. The molecule has 0 aliphatic carbocycles. The Kier molecular flexibility index (Phi) is 2.44. The molecule has 2 heterocycles. The van der Waals surface area contributed by atoms with Crippen LogP contribution in [0, 0.1) is 13.8 Å². The second-order valence-corrected chi connectivity index (χ2v) is 4.13. The summed E-state index contributed by atoms with van der Waals surface area (Å²) >= 11 is 1.45. The first-order chi connectivity index (χ1) is 7.15. The van der Waals surface area contributed by atoms with Gasteiger partial charge in [-0.05, 0) is 25.4 Å². The van der Waals surface area contributed by atoms with E-state index >= 15 is 0 Å². The van der Waals surface area contributed by atoms with Crippen LogP contribution in [0.2, 0.25) is 0 Å². The summed E-state index contributed by atoms with van der Waals surface area (Å²) in [5, 5.41) is 12.4. The number of aromatic nitrogens is 4. The zero-order valence-corrected chi connectivity index (χ0v) is 10.0. The van der Waals surface area contributed by atoms with Crippen molar-refractivity contribution in [3.05, 3.63) is 11.5 Å². The van der Waals surface area contributed by atoms with Crippen LogP contribution in [-0.4, -0.2) is 26.2 Å². The zero-order chi connectivity index (χ0) is 11.0. The second-order valence-electron chi connectivity index (χ2n) is 3.35. The van der Waals surface area contributed by atoms with Gasteiger partial charge in [-0.15, -0.1) is 10.2 Å². The highest BCUT2D eigenvalue weighted by Crippen LogP contribution is 2.32. The van der Waals surface area contributed by atoms with E-state index in [0.717, 1.165) is 27.9 Å². The van der Waals surface area contributed by atoms with Gasteiger partial charge in [-0.2, -0.15) is 4.37 Å². The van der Waals surface area contributed by atoms with Crippen molar-refractivity contribution in [1.82, 2.24) is 19.1 Å². The molecular formula is C9H13N5S. The Morgan fingerprint density at radius 1 is 1.27 bits per heavy atom. The summed E-state index contributed by atoms with van der Waals surface area (Å²) in [5.74, 6) is 1.76. The fraction of sp³-hybridized carbons (Fsp3) is 0.444. The molecule has 0 fully saturated rings. The molecule has 2 rings (SSSR count). The molecule has 0 aliphatic rings. The lowest BCUT2D eigenvalue weighted by Crippen LogP contribution is -1.97. The first kappa shape index (κ1) is 10.1. The summed E-state index contributed by atoms with van der Waals surface area (Å²) in [6.07, 6.45) is 0. The van der Waals surface area contributed by atoms with Crippen LogP contribution in [0.4, 0.5) is 5.00 Å². The monoisotopic (exact) mass is 223 g/mol. The van der Waals surface area contributed by atoms with E-state index in [0.29, 0.717) is 0 Å². The lowest BCUT2D eigenvalue weighted by atomic mass is 10.2. The highest BCUT2D eigenvalue weighted by molar-refractivity contribution is 7.10. The molecule has 0 atom stereocenters. The average molecular weight is 223 g/mol. The summed E-state index contributed by atoms with van der Waals surface area (Å²) < 4.78 is 6.28. The van der Waals surface area contributed by atoms with Crippen LogP contribution >= 0.6 is 11.5 Å². The van der Waals surface area contributed by atoms with Crippen LogP contribution in [0.25, 0.3) is 11.4 Å². The minimum Gasteiger partial charge on any atom is -0.378 e. The van der Waals surface area contributed by atoms with E-state index in [2.05, 4.69) is 19.9 Å². The van der Waals surface area contributed by atoms with Crippen LogP contribution < -0.4 is 5.32 Å². The number of aryl methyl sites for hydroxylation is 2. The van der Waals surface area contributed by atoms with E-state index in [1.807, 2.05) is 32.5 Å². The quantitative estimate of drug-likeness (QED) is 0.840. The molecule has 80 valence electrons. The molecule has 2 aromatic heterocycles. The highest BCUT2D eigenvalue weighted by atomic mass is 32.1. The van der Waals surface area contributed by atoms with Gasteiger partial charge in [0.05, 0.1) is 11.3 Å². The fourth-order valence-corrected chi connectivity index (χ4v) is 2.17. The van der Waals surface area contributed by atoms with Gasteiger partial charge in [0, 0.05) is 14.1 Å². The predicted molar refractivity (Wildman–Crippen MR) is 61.1 cm³/mol. The van der Waals surface area contributed by atoms with E-state index in [1.54, 1.807) is 0 Å². The smallest absolute Gasteiger partial charge is 0.168 e. The first-order valence-corrected chi connectivity index (χ1v) is 5.43. The molecule has 0 saturated heterocycles. The van der Waals surface area contributed by atoms with Crippen molar-refractivity contribution < 1.29 is 0 Å². The summed E-state index contributed by atoms with van der Waals surface area (Å²) in [5.41, 5.74) is 2.03.